The Kier molecular flexibility index (Phi) is 7.06. The van der Waals surface area contributed by atoms with Gasteiger partial charge in [0, 0.05) is 23.9 Å². The van der Waals surface area contributed by atoms with Crippen LogP contribution in [0.15, 0.2) is 60.0 Å². The van der Waals surface area contributed by atoms with Crippen LogP contribution >= 0.6 is 11.3 Å². The van der Waals surface area contributed by atoms with E-state index < -0.39 is 23.6 Å². The summed E-state index contributed by atoms with van der Waals surface area (Å²) in [4.78, 5) is 28.4. The molecule has 0 saturated carbocycles. The van der Waals surface area contributed by atoms with Crippen molar-refractivity contribution >= 4 is 23.2 Å². The number of carbonyl (C=O) groups excluding carboxylic acids is 2. The molecule has 31 heavy (non-hydrogen) atoms. The van der Waals surface area contributed by atoms with Crippen molar-refractivity contribution in [3.8, 4) is 10.6 Å². The van der Waals surface area contributed by atoms with Crippen LogP contribution in [0.4, 0.5) is 13.2 Å². The van der Waals surface area contributed by atoms with Gasteiger partial charge in [-0.3, -0.25) is 9.59 Å². The first kappa shape index (κ1) is 22.5. The minimum absolute atomic E-state index is 0.210. The Morgan fingerprint density at radius 3 is 2.35 bits per heavy atom. The second-order valence-corrected chi connectivity index (χ2v) is 7.69. The van der Waals surface area contributed by atoms with E-state index in [-0.39, 0.29) is 12.6 Å². The van der Waals surface area contributed by atoms with Crippen LogP contribution in [-0.4, -0.2) is 23.3 Å². The van der Waals surface area contributed by atoms with Crippen LogP contribution < -0.4 is 10.6 Å². The number of nitrogens with zero attached hydrogens (tertiary/aromatic N) is 1. The number of alkyl halides is 3. The molecule has 3 rings (SSSR count). The molecule has 0 aliphatic carbocycles. The molecule has 1 heterocycles. The lowest BCUT2D eigenvalue weighted by Gasteiger charge is -2.13. The zero-order chi connectivity index (χ0) is 22.4. The van der Waals surface area contributed by atoms with Gasteiger partial charge in [0.25, 0.3) is 0 Å². The van der Waals surface area contributed by atoms with Crippen molar-refractivity contribution < 1.29 is 22.8 Å². The Morgan fingerprint density at radius 1 is 1.03 bits per heavy atom. The van der Waals surface area contributed by atoms with Gasteiger partial charge < -0.3 is 10.6 Å². The zero-order valence-electron chi connectivity index (χ0n) is 16.6. The van der Waals surface area contributed by atoms with Crippen molar-refractivity contribution in [3.05, 3.63) is 76.8 Å². The van der Waals surface area contributed by atoms with E-state index in [1.807, 2.05) is 30.3 Å². The largest absolute Gasteiger partial charge is 0.416 e. The molecule has 0 saturated heterocycles. The Hall–Kier alpha value is -3.20. The van der Waals surface area contributed by atoms with Crippen LogP contribution in [0.1, 0.15) is 29.8 Å². The maximum atomic E-state index is 12.7. The topological polar surface area (TPSA) is 71.1 Å². The molecule has 3 aromatic rings. The average molecular weight is 447 g/mol. The van der Waals surface area contributed by atoms with Gasteiger partial charge in [-0.25, -0.2) is 4.98 Å². The Bertz CT molecular complexity index is 1030. The maximum absolute atomic E-state index is 12.7. The molecule has 162 valence electrons. The molecule has 0 radical (unpaired) electrons. The summed E-state index contributed by atoms with van der Waals surface area (Å²) >= 11 is 1.30. The molecule has 1 aromatic heterocycles. The lowest BCUT2D eigenvalue weighted by Crippen LogP contribution is -2.41. The number of halogens is 3. The first-order valence-electron chi connectivity index (χ1n) is 9.49. The molecule has 2 aromatic carbocycles. The van der Waals surface area contributed by atoms with Crippen LogP contribution in [0.5, 0.6) is 0 Å². The SMILES string of the molecule is C[C@@H](NC(=O)C(=O)NCCc1csc(-c2ccc(C(F)(F)F)cc2)n1)c1ccccc1. The number of hydrogen-bond acceptors (Lipinski definition) is 4. The van der Waals surface area contributed by atoms with Gasteiger partial charge in [0.1, 0.15) is 5.01 Å². The maximum Gasteiger partial charge on any atom is 0.416 e. The van der Waals surface area contributed by atoms with E-state index >= 15 is 0 Å². The fourth-order valence-corrected chi connectivity index (χ4v) is 3.69. The fraction of sp³-hybridized carbons (Fsp3) is 0.227. The van der Waals surface area contributed by atoms with Gasteiger partial charge >= 0.3 is 18.0 Å². The summed E-state index contributed by atoms with van der Waals surface area (Å²) in [7, 11) is 0. The molecular formula is C22H20F3N3O2S. The lowest BCUT2D eigenvalue weighted by molar-refractivity contribution is -0.139. The highest BCUT2D eigenvalue weighted by molar-refractivity contribution is 7.13. The smallest absolute Gasteiger partial charge is 0.347 e. The Balaban J connectivity index is 1.48. The summed E-state index contributed by atoms with van der Waals surface area (Å²) in [6.07, 6.45) is -3.99. The molecule has 0 unspecified atom stereocenters. The molecule has 1 atom stereocenters. The van der Waals surface area contributed by atoms with Crippen LogP contribution in [0.2, 0.25) is 0 Å². The highest BCUT2D eigenvalue weighted by Gasteiger charge is 2.30. The van der Waals surface area contributed by atoms with Gasteiger partial charge in [-0.15, -0.1) is 11.3 Å². The van der Waals surface area contributed by atoms with E-state index in [4.69, 9.17) is 0 Å². The summed E-state index contributed by atoms with van der Waals surface area (Å²) in [6.45, 7) is 2.00. The first-order valence-corrected chi connectivity index (χ1v) is 10.4. The van der Waals surface area contributed by atoms with Crippen LogP contribution in [0.3, 0.4) is 0 Å². The van der Waals surface area contributed by atoms with Crippen LogP contribution in [0, 0.1) is 0 Å². The third-order valence-corrected chi connectivity index (χ3v) is 5.47. The Morgan fingerprint density at radius 2 is 1.71 bits per heavy atom. The van der Waals surface area contributed by atoms with Gasteiger partial charge in [-0.2, -0.15) is 13.2 Å². The van der Waals surface area contributed by atoms with E-state index in [1.165, 1.54) is 23.5 Å². The monoisotopic (exact) mass is 447 g/mol. The Labute approximate surface area is 181 Å². The van der Waals surface area contributed by atoms with E-state index in [2.05, 4.69) is 15.6 Å². The number of rotatable bonds is 6. The van der Waals surface area contributed by atoms with Crippen molar-refractivity contribution in [3.63, 3.8) is 0 Å². The van der Waals surface area contributed by atoms with Crippen LogP contribution in [-0.2, 0) is 22.2 Å². The number of amides is 2. The van der Waals surface area contributed by atoms with E-state index in [0.717, 1.165) is 17.7 Å². The predicted molar refractivity (Wildman–Crippen MR) is 112 cm³/mol. The van der Waals surface area contributed by atoms with Gasteiger partial charge in [-0.1, -0.05) is 42.5 Å². The molecule has 0 aliphatic rings. The first-order chi connectivity index (χ1) is 14.7. The highest BCUT2D eigenvalue weighted by atomic mass is 32.1. The lowest BCUT2D eigenvalue weighted by atomic mass is 10.1. The number of carbonyl (C=O) groups is 2. The second-order valence-electron chi connectivity index (χ2n) is 6.83. The quantitative estimate of drug-likeness (QED) is 0.552. The predicted octanol–water partition coefficient (Wildman–Crippen LogP) is 4.37. The van der Waals surface area contributed by atoms with E-state index in [0.29, 0.717) is 22.7 Å². The number of nitrogens with one attached hydrogen (secondary N) is 2. The average Bonchev–Trinajstić information content (AvgIpc) is 3.22. The molecule has 9 heteroatoms. The molecule has 0 spiro atoms. The van der Waals surface area contributed by atoms with Crippen molar-refractivity contribution in [1.82, 2.24) is 15.6 Å². The number of benzene rings is 2. The summed E-state index contributed by atoms with van der Waals surface area (Å²) in [6, 6.07) is 13.8. The fourth-order valence-electron chi connectivity index (χ4n) is 2.83. The normalized spacial score (nSPS) is 12.3. The van der Waals surface area contributed by atoms with Gasteiger partial charge in [0.2, 0.25) is 0 Å². The molecule has 5 nitrogen and oxygen atoms in total. The van der Waals surface area contributed by atoms with Gasteiger partial charge in [-0.05, 0) is 24.6 Å². The van der Waals surface area contributed by atoms with Gasteiger partial charge in [0.15, 0.2) is 0 Å². The van der Waals surface area contributed by atoms with Gasteiger partial charge in [0.05, 0.1) is 17.3 Å². The highest BCUT2D eigenvalue weighted by Crippen LogP contribution is 2.31. The zero-order valence-corrected chi connectivity index (χ0v) is 17.4. The second kappa shape index (κ2) is 9.74. The third-order valence-electron chi connectivity index (χ3n) is 4.53. The summed E-state index contributed by atoms with van der Waals surface area (Å²) in [5.74, 6) is -1.46. The van der Waals surface area contributed by atoms with Crippen molar-refractivity contribution in [1.29, 1.82) is 0 Å². The van der Waals surface area contributed by atoms with Crippen LogP contribution in [0.25, 0.3) is 10.6 Å². The van der Waals surface area contributed by atoms with E-state index in [1.54, 1.807) is 12.3 Å². The number of hydrogen-bond donors (Lipinski definition) is 2. The number of aromatic nitrogens is 1. The van der Waals surface area contributed by atoms with Crippen molar-refractivity contribution in [2.75, 3.05) is 6.54 Å². The third kappa shape index (κ3) is 6.14. The minimum atomic E-state index is -4.38. The molecule has 2 amide bonds. The van der Waals surface area contributed by atoms with Crippen molar-refractivity contribution in [2.24, 2.45) is 0 Å². The molecule has 2 N–H and O–H groups in total. The number of thiazole rings is 1. The molecule has 0 bridgehead atoms. The summed E-state index contributed by atoms with van der Waals surface area (Å²) in [5.41, 5.74) is 1.44. The van der Waals surface area contributed by atoms with E-state index in [9.17, 15) is 22.8 Å². The standard InChI is InChI=1S/C22H20F3N3O2S/c1-14(15-5-3-2-4-6-15)27-20(30)19(29)26-12-11-18-13-31-21(28-18)16-7-9-17(10-8-16)22(23,24)25/h2-10,13-14H,11-12H2,1H3,(H,26,29)(H,27,30)/t14-/m1/s1. The van der Waals surface area contributed by atoms with Crippen molar-refractivity contribution in [2.45, 2.75) is 25.6 Å². The molecular weight excluding hydrogens is 427 g/mol. The summed E-state index contributed by atoms with van der Waals surface area (Å²) < 4.78 is 38.0. The molecule has 0 fully saturated rings. The minimum Gasteiger partial charge on any atom is -0.347 e. The molecule has 0 aliphatic heterocycles. The summed E-state index contributed by atoms with van der Waals surface area (Å²) in [5, 5.41) is 7.55.